The number of carbonyl (C=O) groups is 2. The van der Waals surface area contributed by atoms with Gasteiger partial charge in [0.1, 0.15) is 11.9 Å². The Balaban J connectivity index is 1.64. The molecule has 0 spiro atoms. The van der Waals surface area contributed by atoms with Crippen LogP contribution in [0.1, 0.15) is 31.4 Å². The molecular weight excluding hydrogens is 365 g/mol. The fourth-order valence-electron chi connectivity index (χ4n) is 3.99. The Morgan fingerprint density at radius 2 is 2.00 bits per heavy atom. The van der Waals surface area contributed by atoms with Gasteiger partial charge >= 0.3 is 5.97 Å². The summed E-state index contributed by atoms with van der Waals surface area (Å²) in [7, 11) is 0. The van der Waals surface area contributed by atoms with Gasteiger partial charge in [0.05, 0.1) is 19.8 Å². The fraction of sp³-hybridized carbons (Fsp3) is 0.600. The molecule has 1 saturated carbocycles. The molecule has 0 radical (unpaired) electrons. The van der Waals surface area contributed by atoms with Crippen LogP contribution in [0.3, 0.4) is 0 Å². The molecule has 1 aromatic carbocycles. The molecule has 2 aliphatic rings. The van der Waals surface area contributed by atoms with Crippen molar-refractivity contribution in [1.82, 2.24) is 15.1 Å². The van der Waals surface area contributed by atoms with Crippen LogP contribution in [-0.2, 0) is 14.3 Å². The first-order chi connectivity index (χ1) is 13.5. The van der Waals surface area contributed by atoms with Crippen molar-refractivity contribution in [2.75, 3.05) is 39.4 Å². The van der Waals surface area contributed by atoms with Crippen LogP contribution in [0.15, 0.2) is 24.3 Å². The molecule has 1 aliphatic heterocycles. The van der Waals surface area contributed by atoms with Crippen molar-refractivity contribution in [3.8, 4) is 0 Å². The second kappa shape index (κ2) is 9.45. The normalized spacial score (nSPS) is 23.8. The number of halogens is 1. The predicted octanol–water partition coefficient (Wildman–Crippen LogP) is 1.25. The van der Waals surface area contributed by atoms with Gasteiger partial charge in [-0.25, -0.2) is 4.39 Å². The van der Waals surface area contributed by atoms with Crippen LogP contribution in [0.4, 0.5) is 4.39 Å². The Kier molecular flexibility index (Phi) is 6.98. The highest BCUT2D eigenvalue weighted by Gasteiger charge is 2.38. The summed E-state index contributed by atoms with van der Waals surface area (Å²) in [5, 5.41) is 12.0. The molecule has 8 heteroatoms. The number of rotatable bonds is 8. The standard InChI is InChI=1S/C20H28FN3O4/c1-2-23(13-18(25)26)15-11-14(12-15)22-20(27)19(24-7-9-28-10-8-24)16-5-3-4-6-17(16)21/h3-6,14-15,19H,2,7-13H2,1H3,(H,22,27)(H,25,26). The summed E-state index contributed by atoms with van der Waals surface area (Å²) in [4.78, 5) is 27.9. The van der Waals surface area contributed by atoms with Gasteiger partial charge in [0.25, 0.3) is 0 Å². The molecule has 2 N–H and O–H groups in total. The molecule has 0 aromatic heterocycles. The lowest BCUT2D eigenvalue weighted by molar-refractivity contribution is -0.140. The second-order valence-electron chi connectivity index (χ2n) is 7.36. The molecule has 1 unspecified atom stereocenters. The Hall–Kier alpha value is -2.03. The average Bonchev–Trinajstić information content (AvgIpc) is 2.65. The summed E-state index contributed by atoms with van der Waals surface area (Å²) in [5.41, 5.74) is 0.374. The molecule has 154 valence electrons. The number of hydrogen-bond acceptors (Lipinski definition) is 5. The van der Waals surface area contributed by atoms with Gasteiger partial charge in [-0.05, 0) is 25.5 Å². The van der Waals surface area contributed by atoms with Crippen LogP contribution in [0, 0.1) is 5.82 Å². The van der Waals surface area contributed by atoms with Gasteiger partial charge in [0, 0.05) is 30.7 Å². The summed E-state index contributed by atoms with van der Waals surface area (Å²) in [6.45, 7) is 4.77. The largest absolute Gasteiger partial charge is 0.480 e. The van der Waals surface area contributed by atoms with Crippen LogP contribution < -0.4 is 5.32 Å². The number of morpholine rings is 1. The number of hydrogen-bond donors (Lipinski definition) is 2. The lowest BCUT2D eigenvalue weighted by atomic mass is 9.85. The van der Waals surface area contributed by atoms with Crippen LogP contribution in [0.2, 0.25) is 0 Å². The Morgan fingerprint density at radius 3 is 2.61 bits per heavy atom. The van der Waals surface area contributed by atoms with Crippen molar-refractivity contribution < 1.29 is 23.8 Å². The Morgan fingerprint density at radius 1 is 1.32 bits per heavy atom. The van der Waals surface area contributed by atoms with E-state index >= 15 is 0 Å². The number of amides is 1. The number of ether oxygens (including phenoxy) is 1. The number of carbonyl (C=O) groups excluding carboxylic acids is 1. The van der Waals surface area contributed by atoms with Gasteiger partial charge in [-0.3, -0.25) is 19.4 Å². The molecule has 1 atom stereocenters. The molecule has 2 fully saturated rings. The monoisotopic (exact) mass is 393 g/mol. The van der Waals surface area contributed by atoms with Gasteiger partial charge in [-0.1, -0.05) is 25.1 Å². The number of benzene rings is 1. The number of carboxylic acids is 1. The molecule has 1 aliphatic carbocycles. The third kappa shape index (κ3) is 4.87. The zero-order valence-corrected chi connectivity index (χ0v) is 16.1. The fourth-order valence-corrected chi connectivity index (χ4v) is 3.99. The third-order valence-electron chi connectivity index (χ3n) is 5.58. The number of nitrogens with zero attached hydrogens (tertiary/aromatic N) is 2. The van der Waals surface area contributed by atoms with Crippen LogP contribution in [-0.4, -0.2) is 78.3 Å². The minimum absolute atomic E-state index is 0.00740. The molecule has 3 rings (SSSR count). The summed E-state index contributed by atoms with van der Waals surface area (Å²) >= 11 is 0. The molecule has 1 aromatic rings. The summed E-state index contributed by atoms with van der Waals surface area (Å²) in [6, 6.07) is 5.84. The van der Waals surface area contributed by atoms with E-state index in [-0.39, 0.29) is 30.4 Å². The average molecular weight is 393 g/mol. The predicted molar refractivity (Wildman–Crippen MR) is 101 cm³/mol. The topological polar surface area (TPSA) is 82.1 Å². The van der Waals surface area contributed by atoms with Crippen molar-refractivity contribution in [2.45, 2.75) is 37.9 Å². The van der Waals surface area contributed by atoms with Gasteiger partial charge in [0.2, 0.25) is 5.91 Å². The van der Waals surface area contributed by atoms with E-state index in [0.29, 0.717) is 51.3 Å². The van der Waals surface area contributed by atoms with Crippen LogP contribution in [0.5, 0.6) is 0 Å². The number of likely N-dealkylation sites (N-methyl/N-ethyl adjacent to an activating group) is 1. The van der Waals surface area contributed by atoms with Crippen LogP contribution in [0.25, 0.3) is 0 Å². The van der Waals surface area contributed by atoms with E-state index in [1.54, 1.807) is 18.2 Å². The van der Waals surface area contributed by atoms with Crippen molar-refractivity contribution in [2.24, 2.45) is 0 Å². The SMILES string of the molecule is CCN(CC(=O)O)C1CC(NC(=O)C(c2ccccc2F)N2CCOCC2)C1. The van der Waals surface area contributed by atoms with Gasteiger partial charge in [-0.15, -0.1) is 0 Å². The first kappa shape index (κ1) is 20.7. The van der Waals surface area contributed by atoms with Crippen molar-refractivity contribution in [3.05, 3.63) is 35.6 Å². The van der Waals surface area contributed by atoms with Crippen LogP contribution >= 0.6 is 0 Å². The summed E-state index contributed by atoms with van der Waals surface area (Å²) in [5.74, 6) is -1.45. The number of carboxylic acid groups (broad SMARTS) is 1. The zero-order valence-electron chi connectivity index (χ0n) is 16.1. The maximum absolute atomic E-state index is 14.4. The van der Waals surface area contributed by atoms with E-state index in [9.17, 15) is 14.0 Å². The smallest absolute Gasteiger partial charge is 0.317 e. The Bertz CT molecular complexity index is 690. The van der Waals surface area contributed by atoms with Crippen molar-refractivity contribution in [3.63, 3.8) is 0 Å². The molecule has 1 heterocycles. The zero-order chi connectivity index (χ0) is 20.1. The van der Waals surface area contributed by atoms with E-state index in [1.165, 1.54) is 6.07 Å². The molecule has 1 amide bonds. The Labute approximate surface area is 164 Å². The van der Waals surface area contributed by atoms with Gasteiger partial charge < -0.3 is 15.2 Å². The summed E-state index contributed by atoms with van der Waals surface area (Å²) in [6.07, 6.45) is 1.42. The van der Waals surface area contributed by atoms with E-state index in [2.05, 4.69) is 5.32 Å². The molecule has 1 saturated heterocycles. The van der Waals surface area contributed by atoms with E-state index in [1.807, 2.05) is 16.7 Å². The second-order valence-corrected chi connectivity index (χ2v) is 7.36. The quantitative estimate of drug-likeness (QED) is 0.692. The third-order valence-corrected chi connectivity index (χ3v) is 5.58. The molecular formula is C20H28FN3O4. The first-order valence-electron chi connectivity index (χ1n) is 9.82. The molecule has 7 nitrogen and oxygen atoms in total. The van der Waals surface area contributed by atoms with Gasteiger partial charge in [0.15, 0.2) is 0 Å². The first-order valence-corrected chi connectivity index (χ1v) is 9.82. The lowest BCUT2D eigenvalue weighted by Crippen LogP contribution is -2.56. The molecule has 28 heavy (non-hydrogen) atoms. The van der Waals surface area contributed by atoms with E-state index in [0.717, 1.165) is 0 Å². The highest BCUT2D eigenvalue weighted by atomic mass is 19.1. The van der Waals surface area contributed by atoms with E-state index in [4.69, 9.17) is 9.84 Å². The number of aliphatic carboxylic acids is 1. The summed E-state index contributed by atoms with van der Waals surface area (Å²) < 4.78 is 19.8. The maximum Gasteiger partial charge on any atom is 0.317 e. The number of nitrogens with one attached hydrogen (secondary N) is 1. The minimum Gasteiger partial charge on any atom is -0.480 e. The van der Waals surface area contributed by atoms with E-state index < -0.39 is 12.0 Å². The maximum atomic E-state index is 14.4. The molecule has 0 bridgehead atoms. The van der Waals surface area contributed by atoms with Crippen molar-refractivity contribution >= 4 is 11.9 Å². The minimum atomic E-state index is -0.846. The van der Waals surface area contributed by atoms with Crippen molar-refractivity contribution in [1.29, 1.82) is 0 Å². The lowest BCUT2D eigenvalue weighted by Gasteiger charge is -2.43. The highest BCUT2D eigenvalue weighted by Crippen LogP contribution is 2.29. The highest BCUT2D eigenvalue weighted by molar-refractivity contribution is 5.83. The van der Waals surface area contributed by atoms with Gasteiger partial charge in [-0.2, -0.15) is 0 Å².